The van der Waals surface area contributed by atoms with Gasteiger partial charge in [-0.15, -0.1) is 0 Å². The van der Waals surface area contributed by atoms with Crippen LogP contribution in [0.25, 0.3) is 0 Å². The van der Waals surface area contributed by atoms with Gasteiger partial charge in [-0.2, -0.15) is 5.10 Å². The van der Waals surface area contributed by atoms with Crippen LogP contribution in [0.15, 0.2) is 6.33 Å². The number of nitrogens with zero attached hydrogens (tertiary/aromatic N) is 3. The van der Waals surface area contributed by atoms with Gasteiger partial charge in [0.25, 0.3) is 0 Å². The summed E-state index contributed by atoms with van der Waals surface area (Å²) in [5, 5.41) is 7.50. The van der Waals surface area contributed by atoms with Gasteiger partial charge in [0.05, 0.1) is 13.1 Å². The van der Waals surface area contributed by atoms with Gasteiger partial charge in [-0.25, -0.2) is 9.67 Å². The number of rotatable bonds is 0. The second-order valence-electron chi connectivity index (χ2n) is 3.57. The minimum Gasteiger partial charge on any atom is -0.303 e. The smallest absolute Gasteiger partial charge is 0.140 e. The number of nitrogens with one attached hydrogen (secondary N) is 1. The van der Waals surface area contributed by atoms with Gasteiger partial charge in [-0.3, -0.25) is 0 Å². The van der Waals surface area contributed by atoms with Crippen molar-refractivity contribution in [3.63, 3.8) is 0 Å². The molecule has 11 heavy (non-hydrogen) atoms. The first-order valence-electron chi connectivity index (χ1n) is 3.79. The predicted octanol–water partition coefficient (Wildman–Crippen LogP) is 0.160. The van der Waals surface area contributed by atoms with Crippen molar-refractivity contribution in [2.24, 2.45) is 0 Å². The first-order valence-corrected chi connectivity index (χ1v) is 3.79. The summed E-state index contributed by atoms with van der Waals surface area (Å²) in [6.07, 6.45) is 1.61. The van der Waals surface area contributed by atoms with Gasteiger partial charge >= 0.3 is 0 Å². The molecule has 0 unspecified atom stereocenters. The van der Waals surface area contributed by atoms with E-state index in [0.29, 0.717) is 0 Å². The average Bonchev–Trinajstić information content (AvgIpc) is 2.31. The van der Waals surface area contributed by atoms with Crippen LogP contribution in [0.4, 0.5) is 0 Å². The lowest BCUT2D eigenvalue weighted by molar-refractivity contribution is 0.274. The van der Waals surface area contributed by atoms with Gasteiger partial charge in [-0.1, -0.05) is 0 Å². The highest BCUT2D eigenvalue weighted by Gasteiger charge is 2.24. The molecule has 60 valence electrons. The van der Waals surface area contributed by atoms with Crippen LogP contribution in [-0.4, -0.2) is 20.3 Å². The lowest BCUT2D eigenvalue weighted by atomic mass is 10.0. The fourth-order valence-corrected chi connectivity index (χ4v) is 1.31. The molecule has 0 spiro atoms. The van der Waals surface area contributed by atoms with Gasteiger partial charge in [-0.05, 0) is 13.8 Å². The Bertz CT molecular complexity index is 263. The molecule has 0 fully saturated rings. The Morgan fingerprint density at radius 2 is 2.45 bits per heavy atom. The van der Waals surface area contributed by atoms with Crippen molar-refractivity contribution in [1.82, 2.24) is 20.1 Å². The molecular weight excluding hydrogens is 140 g/mol. The van der Waals surface area contributed by atoms with Crippen LogP contribution >= 0.6 is 0 Å². The van der Waals surface area contributed by atoms with Crippen molar-refractivity contribution in [3.05, 3.63) is 12.2 Å². The van der Waals surface area contributed by atoms with Crippen LogP contribution in [0.1, 0.15) is 19.7 Å². The third-order valence-electron chi connectivity index (χ3n) is 1.97. The molecule has 2 rings (SSSR count). The van der Waals surface area contributed by atoms with E-state index in [1.807, 2.05) is 4.68 Å². The van der Waals surface area contributed by atoms with E-state index in [2.05, 4.69) is 29.2 Å². The van der Waals surface area contributed by atoms with Crippen molar-refractivity contribution in [2.75, 3.05) is 0 Å². The fourth-order valence-electron chi connectivity index (χ4n) is 1.31. The highest BCUT2D eigenvalue weighted by atomic mass is 15.4. The molecule has 0 bridgehead atoms. The van der Waals surface area contributed by atoms with Crippen LogP contribution in [0.3, 0.4) is 0 Å². The monoisotopic (exact) mass is 152 g/mol. The zero-order chi connectivity index (χ0) is 7.90. The highest BCUT2D eigenvalue weighted by molar-refractivity contribution is 4.94. The Kier molecular flexibility index (Phi) is 1.26. The fraction of sp³-hybridized carbons (Fsp3) is 0.714. The molecule has 1 N–H and O–H groups in total. The van der Waals surface area contributed by atoms with Crippen molar-refractivity contribution in [2.45, 2.75) is 32.5 Å². The summed E-state index contributed by atoms with van der Waals surface area (Å²) in [7, 11) is 0. The van der Waals surface area contributed by atoms with E-state index in [4.69, 9.17) is 0 Å². The summed E-state index contributed by atoms with van der Waals surface area (Å²) in [6.45, 7) is 6.06. The van der Waals surface area contributed by atoms with Crippen LogP contribution in [0.5, 0.6) is 0 Å². The Labute approximate surface area is 65.6 Å². The second-order valence-corrected chi connectivity index (χ2v) is 3.57. The first-order chi connectivity index (χ1) is 5.17. The van der Waals surface area contributed by atoms with Crippen molar-refractivity contribution in [3.8, 4) is 0 Å². The molecule has 0 atom stereocenters. The number of hydrogen-bond donors (Lipinski definition) is 1. The molecule has 4 heteroatoms. The minimum absolute atomic E-state index is 0.153. The van der Waals surface area contributed by atoms with Gasteiger partial charge < -0.3 is 5.32 Å². The highest BCUT2D eigenvalue weighted by Crippen LogP contribution is 2.12. The number of aromatic nitrogens is 3. The average molecular weight is 152 g/mol. The van der Waals surface area contributed by atoms with E-state index in [0.717, 1.165) is 18.9 Å². The zero-order valence-corrected chi connectivity index (χ0v) is 6.83. The molecule has 4 nitrogen and oxygen atoms in total. The summed E-state index contributed by atoms with van der Waals surface area (Å²) >= 11 is 0. The molecule has 0 saturated heterocycles. The maximum absolute atomic E-state index is 4.12. The molecule has 0 amide bonds. The van der Waals surface area contributed by atoms with E-state index < -0.39 is 0 Å². The lowest BCUT2D eigenvalue weighted by Crippen LogP contribution is -2.47. The lowest BCUT2D eigenvalue weighted by Gasteiger charge is -2.30. The van der Waals surface area contributed by atoms with Crippen molar-refractivity contribution >= 4 is 0 Å². The summed E-state index contributed by atoms with van der Waals surface area (Å²) < 4.78 is 1.95. The van der Waals surface area contributed by atoms with Gasteiger partial charge in [0.15, 0.2) is 0 Å². The van der Waals surface area contributed by atoms with E-state index in [-0.39, 0.29) is 5.54 Å². The summed E-state index contributed by atoms with van der Waals surface area (Å²) in [5.74, 6) is 1.03. The predicted molar refractivity (Wildman–Crippen MR) is 40.9 cm³/mol. The molecule has 2 heterocycles. The zero-order valence-electron chi connectivity index (χ0n) is 6.83. The molecule has 1 aliphatic rings. The molecule has 0 saturated carbocycles. The maximum Gasteiger partial charge on any atom is 0.140 e. The molecule has 0 aromatic carbocycles. The summed E-state index contributed by atoms with van der Waals surface area (Å²) in [6, 6.07) is 0. The van der Waals surface area contributed by atoms with Gasteiger partial charge in [0.1, 0.15) is 12.2 Å². The normalized spacial score (nSPS) is 21.3. The quantitative estimate of drug-likeness (QED) is 0.576. The molecular formula is C7H12N4. The van der Waals surface area contributed by atoms with Crippen LogP contribution < -0.4 is 5.32 Å². The molecule has 1 aromatic rings. The largest absolute Gasteiger partial charge is 0.303 e. The van der Waals surface area contributed by atoms with E-state index in [1.165, 1.54) is 0 Å². The topological polar surface area (TPSA) is 42.7 Å². The molecule has 1 aromatic heterocycles. The Morgan fingerprint density at radius 3 is 3.27 bits per heavy atom. The molecule has 0 radical (unpaired) electrons. The van der Waals surface area contributed by atoms with Gasteiger partial charge in [0, 0.05) is 5.54 Å². The Hall–Kier alpha value is -0.900. The third-order valence-corrected chi connectivity index (χ3v) is 1.97. The van der Waals surface area contributed by atoms with Crippen molar-refractivity contribution < 1.29 is 0 Å². The number of fused-ring (bicyclic) bond motifs is 1. The standard InChI is InChI=1S/C7H12N4/c1-7(2)4-11-6(3-9-7)8-5-10-11/h5,9H,3-4H2,1-2H3. The van der Waals surface area contributed by atoms with E-state index >= 15 is 0 Å². The number of hydrogen-bond acceptors (Lipinski definition) is 3. The van der Waals surface area contributed by atoms with E-state index in [1.54, 1.807) is 6.33 Å². The van der Waals surface area contributed by atoms with Crippen molar-refractivity contribution in [1.29, 1.82) is 0 Å². The summed E-state index contributed by atoms with van der Waals surface area (Å²) in [5.41, 5.74) is 0.153. The second kappa shape index (κ2) is 2.04. The van der Waals surface area contributed by atoms with E-state index in [9.17, 15) is 0 Å². The Morgan fingerprint density at radius 1 is 1.64 bits per heavy atom. The third kappa shape index (κ3) is 1.14. The van der Waals surface area contributed by atoms with Gasteiger partial charge in [0.2, 0.25) is 0 Å². The maximum atomic E-state index is 4.12. The first kappa shape index (κ1) is 6.79. The molecule has 1 aliphatic heterocycles. The van der Waals surface area contributed by atoms with Crippen LogP contribution in [0, 0.1) is 0 Å². The van der Waals surface area contributed by atoms with Crippen LogP contribution in [-0.2, 0) is 13.1 Å². The molecule has 0 aliphatic carbocycles. The summed E-state index contributed by atoms with van der Waals surface area (Å²) in [4.78, 5) is 4.11. The SMILES string of the molecule is CC1(C)Cn2ncnc2CN1. The van der Waals surface area contributed by atoms with Crippen LogP contribution in [0.2, 0.25) is 0 Å². The Balaban J connectivity index is 2.32. The minimum atomic E-state index is 0.153.